The minimum atomic E-state index is -0.00990. The smallest absolute Gasteiger partial charge is 0.321 e. The Morgan fingerprint density at radius 3 is 2.59 bits per heavy atom. The maximum absolute atomic E-state index is 12.4. The Morgan fingerprint density at radius 1 is 1.32 bits per heavy atom. The summed E-state index contributed by atoms with van der Waals surface area (Å²) in [4.78, 5) is 14.3. The first kappa shape index (κ1) is 16.8. The molecular formula is C18H28N2O2. The predicted octanol–water partition coefficient (Wildman–Crippen LogP) is 3.87. The van der Waals surface area contributed by atoms with Crippen LogP contribution in [0.3, 0.4) is 0 Å². The first-order chi connectivity index (χ1) is 10.4. The van der Waals surface area contributed by atoms with Gasteiger partial charge in [0, 0.05) is 31.8 Å². The number of piperidine rings is 1. The monoisotopic (exact) mass is 304 g/mol. The lowest BCUT2D eigenvalue weighted by Crippen LogP contribution is -2.43. The van der Waals surface area contributed by atoms with Gasteiger partial charge >= 0.3 is 6.03 Å². The predicted molar refractivity (Wildman–Crippen MR) is 90.3 cm³/mol. The van der Waals surface area contributed by atoms with E-state index in [0.717, 1.165) is 38.2 Å². The van der Waals surface area contributed by atoms with Crippen LogP contribution in [0.15, 0.2) is 24.3 Å². The highest BCUT2D eigenvalue weighted by Gasteiger charge is 2.23. The molecule has 1 heterocycles. The summed E-state index contributed by atoms with van der Waals surface area (Å²) < 4.78 is 5.21. The fourth-order valence-electron chi connectivity index (χ4n) is 2.88. The van der Waals surface area contributed by atoms with Crippen molar-refractivity contribution in [2.24, 2.45) is 5.92 Å². The second-order valence-corrected chi connectivity index (χ2v) is 7.17. The number of anilines is 1. The molecule has 1 aliphatic heterocycles. The number of ether oxygens (including phenoxy) is 1. The van der Waals surface area contributed by atoms with Crippen molar-refractivity contribution in [1.82, 2.24) is 4.90 Å². The molecule has 2 amide bonds. The molecule has 1 fully saturated rings. The van der Waals surface area contributed by atoms with Gasteiger partial charge in [0.25, 0.3) is 0 Å². The van der Waals surface area contributed by atoms with Crippen molar-refractivity contribution in [3.63, 3.8) is 0 Å². The van der Waals surface area contributed by atoms with Crippen molar-refractivity contribution in [3.8, 4) is 0 Å². The Bertz CT molecular complexity index is 489. The Labute approximate surface area is 133 Å². The number of carbonyl (C=O) groups excluding carboxylic acids is 1. The Kier molecular flexibility index (Phi) is 5.46. The Morgan fingerprint density at radius 2 is 2.00 bits per heavy atom. The van der Waals surface area contributed by atoms with E-state index in [-0.39, 0.29) is 11.4 Å². The second kappa shape index (κ2) is 7.14. The highest BCUT2D eigenvalue weighted by atomic mass is 16.5. The molecule has 0 spiro atoms. The number of likely N-dealkylation sites (tertiary alicyclic amines) is 1. The van der Waals surface area contributed by atoms with Crippen molar-refractivity contribution in [2.75, 3.05) is 32.1 Å². The van der Waals surface area contributed by atoms with Gasteiger partial charge in [-0.1, -0.05) is 32.9 Å². The number of amides is 2. The van der Waals surface area contributed by atoms with Crippen LogP contribution in [0, 0.1) is 5.92 Å². The summed E-state index contributed by atoms with van der Waals surface area (Å²) in [5.41, 5.74) is 2.25. The third kappa shape index (κ3) is 4.47. The van der Waals surface area contributed by atoms with Gasteiger partial charge in [0.15, 0.2) is 0 Å². The van der Waals surface area contributed by atoms with E-state index in [1.807, 2.05) is 17.0 Å². The number of benzene rings is 1. The number of hydrogen-bond acceptors (Lipinski definition) is 2. The van der Waals surface area contributed by atoms with E-state index < -0.39 is 0 Å². The highest BCUT2D eigenvalue weighted by molar-refractivity contribution is 5.89. The molecule has 122 valence electrons. The van der Waals surface area contributed by atoms with E-state index in [1.54, 1.807) is 7.11 Å². The van der Waals surface area contributed by atoms with Gasteiger partial charge in [0.05, 0.1) is 6.61 Å². The molecule has 1 aliphatic rings. The number of rotatable bonds is 3. The molecule has 4 heteroatoms. The summed E-state index contributed by atoms with van der Waals surface area (Å²) in [6.07, 6.45) is 2.18. The van der Waals surface area contributed by atoms with Gasteiger partial charge < -0.3 is 15.0 Å². The van der Waals surface area contributed by atoms with Crippen LogP contribution in [0.4, 0.5) is 10.5 Å². The number of nitrogens with one attached hydrogen (secondary N) is 1. The molecule has 4 nitrogen and oxygen atoms in total. The molecule has 0 aromatic heterocycles. The van der Waals surface area contributed by atoms with Crippen LogP contribution in [0.1, 0.15) is 39.2 Å². The Hall–Kier alpha value is -1.55. The average Bonchev–Trinajstić information content (AvgIpc) is 2.47. The summed E-state index contributed by atoms with van der Waals surface area (Å²) >= 11 is 0. The summed E-state index contributed by atoms with van der Waals surface area (Å²) in [5, 5.41) is 3.00. The average molecular weight is 304 g/mol. The zero-order valence-corrected chi connectivity index (χ0v) is 14.2. The molecule has 0 saturated carbocycles. The maximum Gasteiger partial charge on any atom is 0.321 e. The van der Waals surface area contributed by atoms with E-state index >= 15 is 0 Å². The van der Waals surface area contributed by atoms with Gasteiger partial charge in [0.2, 0.25) is 0 Å². The normalized spacial score (nSPS) is 19.1. The Balaban J connectivity index is 1.94. The fraction of sp³-hybridized carbons (Fsp3) is 0.611. The highest BCUT2D eigenvalue weighted by Crippen LogP contribution is 2.24. The van der Waals surface area contributed by atoms with Crippen molar-refractivity contribution < 1.29 is 9.53 Å². The van der Waals surface area contributed by atoms with Crippen molar-refractivity contribution in [2.45, 2.75) is 39.0 Å². The molecule has 22 heavy (non-hydrogen) atoms. The van der Waals surface area contributed by atoms with Crippen molar-refractivity contribution in [1.29, 1.82) is 0 Å². The zero-order chi connectivity index (χ0) is 16.2. The van der Waals surface area contributed by atoms with Crippen LogP contribution < -0.4 is 5.32 Å². The summed E-state index contributed by atoms with van der Waals surface area (Å²) in [6.45, 7) is 8.88. The lowest BCUT2D eigenvalue weighted by atomic mass is 9.87. The van der Waals surface area contributed by atoms with E-state index in [4.69, 9.17) is 4.74 Å². The van der Waals surface area contributed by atoms with E-state index in [2.05, 4.69) is 38.2 Å². The SMILES string of the molecule is COCC1CCCN(C(=O)Nc2ccc(C(C)(C)C)cc2)C1. The summed E-state index contributed by atoms with van der Waals surface area (Å²) in [6, 6.07) is 8.12. The minimum absolute atomic E-state index is 0.00990. The number of methoxy groups -OCH3 is 1. The van der Waals surface area contributed by atoms with Crippen molar-refractivity contribution >= 4 is 11.7 Å². The first-order valence-corrected chi connectivity index (χ1v) is 8.05. The van der Waals surface area contributed by atoms with Gasteiger partial charge in [-0.2, -0.15) is 0 Å². The van der Waals surface area contributed by atoms with E-state index in [9.17, 15) is 4.79 Å². The number of carbonyl (C=O) groups is 1. The molecule has 0 aliphatic carbocycles. The third-order valence-electron chi connectivity index (χ3n) is 4.21. The number of hydrogen-bond donors (Lipinski definition) is 1. The molecule has 1 aromatic rings. The molecule has 2 rings (SSSR count). The van der Waals surface area contributed by atoms with Gasteiger partial charge in [-0.05, 0) is 36.0 Å². The van der Waals surface area contributed by atoms with Crippen LogP contribution in [-0.4, -0.2) is 37.7 Å². The molecule has 1 atom stereocenters. The number of urea groups is 1. The van der Waals surface area contributed by atoms with Crippen LogP contribution in [0.2, 0.25) is 0 Å². The molecule has 1 N–H and O–H groups in total. The standard InChI is InChI=1S/C18H28N2O2/c1-18(2,3)15-7-9-16(10-8-15)19-17(21)20-11-5-6-14(12-20)13-22-4/h7-10,14H,5-6,11-13H2,1-4H3,(H,19,21). The first-order valence-electron chi connectivity index (χ1n) is 8.05. The van der Waals surface area contributed by atoms with Gasteiger partial charge in [-0.25, -0.2) is 4.79 Å². The van der Waals surface area contributed by atoms with E-state index in [1.165, 1.54) is 5.56 Å². The molecule has 1 aromatic carbocycles. The minimum Gasteiger partial charge on any atom is -0.384 e. The van der Waals surface area contributed by atoms with E-state index in [0.29, 0.717) is 5.92 Å². The van der Waals surface area contributed by atoms with Crippen LogP contribution in [-0.2, 0) is 10.2 Å². The van der Waals surface area contributed by atoms with Crippen LogP contribution in [0.25, 0.3) is 0 Å². The van der Waals surface area contributed by atoms with Gasteiger partial charge in [0.1, 0.15) is 0 Å². The van der Waals surface area contributed by atoms with Crippen LogP contribution in [0.5, 0.6) is 0 Å². The molecule has 1 unspecified atom stereocenters. The molecular weight excluding hydrogens is 276 g/mol. The fourth-order valence-corrected chi connectivity index (χ4v) is 2.88. The molecule has 0 bridgehead atoms. The number of nitrogens with zero attached hydrogens (tertiary/aromatic N) is 1. The van der Waals surface area contributed by atoms with Crippen LogP contribution >= 0.6 is 0 Å². The maximum atomic E-state index is 12.4. The quantitative estimate of drug-likeness (QED) is 0.921. The topological polar surface area (TPSA) is 41.6 Å². The molecule has 1 saturated heterocycles. The van der Waals surface area contributed by atoms with Gasteiger partial charge in [-0.3, -0.25) is 0 Å². The van der Waals surface area contributed by atoms with Crippen molar-refractivity contribution in [3.05, 3.63) is 29.8 Å². The summed E-state index contributed by atoms with van der Waals surface area (Å²) in [7, 11) is 1.72. The lowest BCUT2D eigenvalue weighted by Gasteiger charge is -2.32. The zero-order valence-electron chi connectivity index (χ0n) is 14.2. The summed E-state index contributed by atoms with van der Waals surface area (Å²) in [5.74, 6) is 0.452. The molecule has 0 radical (unpaired) electrons. The largest absolute Gasteiger partial charge is 0.384 e. The third-order valence-corrected chi connectivity index (χ3v) is 4.21. The van der Waals surface area contributed by atoms with Gasteiger partial charge in [-0.15, -0.1) is 0 Å². The second-order valence-electron chi connectivity index (χ2n) is 7.17. The lowest BCUT2D eigenvalue weighted by molar-refractivity contribution is 0.104.